The normalized spacial score (nSPS) is 12.0. The van der Waals surface area contributed by atoms with E-state index in [2.05, 4.69) is 53.6 Å². The number of aryl methyl sites for hydroxylation is 2. The lowest BCUT2D eigenvalue weighted by atomic mass is 10.1. The highest BCUT2D eigenvalue weighted by Gasteiger charge is 2.22. The van der Waals surface area contributed by atoms with Crippen LogP contribution in [0.3, 0.4) is 0 Å². The summed E-state index contributed by atoms with van der Waals surface area (Å²) < 4.78 is 2.03. The van der Waals surface area contributed by atoms with Crippen molar-refractivity contribution in [3.8, 4) is 5.69 Å². The van der Waals surface area contributed by atoms with Gasteiger partial charge in [-0.3, -0.25) is 9.36 Å². The van der Waals surface area contributed by atoms with Gasteiger partial charge in [-0.05, 0) is 50.5 Å². The molecule has 5 nitrogen and oxygen atoms in total. The average molecular weight is 485 g/mol. The van der Waals surface area contributed by atoms with Crippen molar-refractivity contribution in [3.63, 3.8) is 0 Å². The van der Waals surface area contributed by atoms with Gasteiger partial charge in [-0.1, -0.05) is 85.4 Å². The Kier molecular flexibility index (Phi) is 9.39. The number of rotatable bonds is 11. The molecule has 1 N–H and O–H groups in total. The zero-order valence-corrected chi connectivity index (χ0v) is 21.5. The fourth-order valence-electron chi connectivity index (χ4n) is 3.75. The number of thioether (sulfide) groups is 1. The molecule has 176 valence electrons. The van der Waals surface area contributed by atoms with Gasteiger partial charge in [-0.15, -0.1) is 10.2 Å². The SMILES string of the molecule is CCCCCCC(=O)NC(C)c1nnc(SCc2cccc(C)c2)n1-c1cc(Cl)ccc1C. The number of aromatic nitrogens is 3. The lowest BCUT2D eigenvalue weighted by Crippen LogP contribution is -2.28. The van der Waals surface area contributed by atoms with Crippen molar-refractivity contribution in [1.82, 2.24) is 20.1 Å². The van der Waals surface area contributed by atoms with E-state index in [-0.39, 0.29) is 11.9 Å². The number of nitrogens with one attached hydrogen (secondary N) is 1. The number of carbonyl (C=O) groups is 1. The summed E-state index contributed by atoms with van der Waals surface area (Å²) >= 11 is 7.97. The molecule has 0 saturated carbocycles. The molecular formula is C26H33ClN4OS. The molecule has 1 atom stereocenters. The number of hydrogen-bond acceptors (Lipinski definition) is 4. The standard InChI is InChI=1S/C26H33ClN4OS/c1-5-6-7-8-12-24(32)28-20(4)25-29-30-26(33-17-21-11-9-10-18(2)15-21)31(25)23-16-22(27)14-13-19(23)3/h9-11,13-16,20H,5-8,12,17H2,1-4H3,(H,28,32). The molecule has 33 heavy (non-hydrogen) atoms. The minimum absolute atomic E-state index is 0.0462. The molecule has 0 aliphatic carbocycles. The van der Waals surface area contributed by atoms with Gasteiger partial charge in [0.05, 0.1) is 11.7 Å². The second kappa shape index (κ2) is 12.2. The van der Waals surface area contributed by atoms with Crippen molar-refractivity contribution >= 4 is 29.3 Å². The summed E-state index contributed by atoms with van der Waals surface area (Å²) in [6.07, 6.45) is 4.83. The van der Waals surface area contributed by atoms with E-state index in [1.807, 2.05) is 36.6 Å². The lowest BCUT2D eigenvalue weighted by molar-refractivity contribution is -0.121. The highest BCUT2D eigenvalue weighted by atomic mass is 35.5. The Balaban J connectivity index is 1.85. The Morgan fingerprint density at radius 3 is 2.70 bits per heavy atom. The first-order chi connectivity index (χ1) is 15.9. The van der Waals surface area contributed by atoms with Crippen molar-refractivity contribution in [2.75, 3.05) is 0 Å². The molecule has 2 aromatic carbocycles. The van der Waals surface area contributed by atoms with Crippen molar-refractivity contribution in [1.29, 1.82) is 0 Å². The van der Waals surface area contributed by atoms with Gasteiger partial charge in [0.2, 0.25) is 5.91 Å². The molecule has 3 aromatic rings. The Hall–Kier alpha value is -2.31. The Bertz CT molecular complexity index is 1080. The van der Waals surface area contributed by atoms with Gasteiger partial charge in [0.25, 0.3) is 0 Å². The van der Waals surface area contributed by atoms with Crippen LogP contribution in [-0.2, 0) is 10.5 Å². The second-order valence-electron chi connectivity index (χ2n) is 8.48. The molecule has 0 fully saturated rings. The smallest absolute Gasteiger partial charge is 0.220 e. The zero-order valence-electron chi connectivity index (χ0n) is 19.9. The summed E-state index contributed by atoms with van der Waals surface area (Å²) in [7, 11) is 0. The summed E-state index contributed by atoms with van der Waals surface area (Å²) in [5.74, 6) is 1.52. The molecule has 7 heteroatoms. The van der Waals surface area contributed by atoms with E-state index in [0.29, 0.717) is 17.3 Å². The first-order valence-corrected chi connectivity index (χ1v) is 12.9. The van der Waals surface area contributed by atoms with Gasteiger partial charge in [-0.2, -0.15) is 0 Å². The fraction of sp³-hybridized carbons (Fsp3) is 0.423. The lowest BCUT2D eigenvalue weighted by Gasteiger charge is -2.18. The highest BCUT2D eigenvalue weighted by molar-refractivity contribution is 7.98. The van der Waals surface area contributed by atoms with E-state index in [1.165, 1.54) is 11.1 Å². The quantitative estimate of drug-likeness (QED) is 0.235. The molecule has 0 bridgehead atoms. The van der Waals surface area contributed by atoms with Crippen LogP contribution in [0.1, 0.15) is 74.5 Å². The minimum atomic E-state index is -0.275. The number of benzene rings is 2. The van der Waals surface area contributed by atoms with Gasteiger partial charge >= 0.3 is 0 Å². The number of halogens is 1. The third-order valence-corrected chi connectivity index (χ3v) is 6.78. The molecule has 0 saturated heterocycles. The second-order valence-corrected chi connectivity index (χ2v) is 9.86. The molecule has 0 spiro atoms. The van der Waals surface area contributed by atoms with E-state index >= 15 is 0 Å². The maximum atomic E-state index is 12.5. The zero-order chi connectivity index (χ0) is 23.8. The van der Waals surface area contributed by atoms with Crippen molar-refractivity contribution in [2.45, 2.75) is 76.8 Å². The molecule has 1 heterocycles. The van der Waals surface area contributed by atoms with Crippen LogP contribution in [-0.4, -0.2) is 20.7 Å². The number of unbranched alkanes of at least 4 members (excludes halogenated alkanes) is 3. The van der Waals surface area contributed by atoms with Crippen LogP contribution in [0, 0.1) is 13.8 Å². The largest absolute Gasteiger partial charge is 0.346 e. The third kappa shape index (κ3) is 7.08. The Morgan fingerprint density at radius 1 is 1.12 bits per heavy atom. The van der Waals surface area contributed by atoms with Gasteiger partial charge in [0, 0.05) is 17.2 Å². The first kappa shape index (κ1) is 25.3. The van der Waals surface area contributed by atoms with Crippen molar-refractivity contribution in [3.05, 3.63) is 70.0 Å². The van der Waals surface area contributed by atoms with Gasteiger partial charge in [0.15, 0.2) is 11.0 Å². The van der Waals surface area contributed by atoms with E-state index in [4.69, 9.17) is 11.6 Å². The summed E-state index contributed by atoms with van der Waals surface area (Å²) in [6, 6.07) is 14.0. The summed E-state index contributed by atoms with van der Waals surface area (Å²) in [6.45, 7) is 8.26. The van der Waals surface area contributed by atoms with Crippen LogP contribution in [0.2, 0.25) is 5.02 Å². The fourth-order valence-corrected chi connectivity index (χ4v) is 4.81. The number of carbonyl (C=O) groups excluding carboxylic acids is 1. The topological polar surface area (TPSA) is 59.8 Å². The molecule has 0 aliphatic heterocycles. The number of hydrogen-bond donors (Lipinski definition) is 1. The molecule has 1 unspecified atom stereocenters. The van der Waals surface area contributed by atoms with E-state index in [1.54, 1.807) is 11.8 Å². The number of amides is 1. The van der Waals surface area contributed by atoms with Gasteiger partial charge in [0.1, 0.15) is 0 Å². The van der Waals surface area contributed by atoms with E-state index in [0.717, 1.165) is 47.8 Å². The van der Waals surface area contributed by atoms with Crippen LogP contribution < -0.4 is 5.32 Å². The maximum Gasteiger partial charge on any atom is 0.220 e. The van der Waals surface area contributed by atoms with Crippen molar-refractivity contribution < 1.29 is 4.79 Å². The van der Waals surface area contributed by atoms with Crippen LogP contribution in [0.5, 0.6) is 0 Å². The minimum Gasteiger partial charge on any atom is -0.346 e. The van der Waals surface area contributed by atoms with E-state index in [9.17, 15) is 4.79 Å². The first-order valence-electron chi connectivity index (χ1n) is 11.6. The molecule has 3 rings (SSSR count). The van der Waals surface area contributed by atoms with Gasteiger partial charge < -0.3 is 5.32 Å². The molecule has 1 amide bonds. The van der Waals surface area contributed by atoms with Crippen LogP contribution >= 0.6 is 23.4 Å². The predicted octanol–water partition coefficient (Wildman–Crippen LogP) is 6.98. The number of nitrogens with zero attached hydrogens (tertiary/aromatic N) is 3. The highest BCUT2D eigenvalue weighted by Crippen LogP contribution is 2.30. The maximum absolute atomic E-state index is 12.5. The molecular weight excluding hydrogens is 452 g/mol. The van der Waals surface area contributed by atoms with Crippen molar-refractivity contribution in [2.24, 2.45) is 0 Å². The van der Waals surface area contributed by atoms with Crippen LogP contribution in [0.4, 0.5) is 0 Å². The third-order valence-electron chi connectivity index (χ3n) is 5.54. The van der Waals surface area contributed by atoms with Crippen LogP contribution in [0.25, 0.3) is 5.69 Å². The molecule has 1 aromatic heterocycles. The molecule has 0 aliphatic rings. The summed E-state index contributed by atoms with van der Waals surface area (Å²) in [4.78, 5) is 12.5. The summed E-state index contributed by atoms with van der Waals surface area (Å²) in [5, 5.41) is 13.5. The Labute approximate surface area is 206 Å². The predicted molar refractivity (Wildman–Crippen MR) is 137 cm³/mol. The summed E-state index contributed by atoms with van der Waals surface area (Å²) in [5.41, 5.74) is 4.46. The van der Waals surface area contributed by atoms with Crippen LogP contribution in [0.15, 0.2) is 47.6 Å². The van der Waals surface area contributed by atoms with Gasteiger partial charge in [-0.25, -0.2) is 0 Å². The van der Waals surface area contributed by atoms with E-state index < -0.39 is 0 Å². The molecule has 0 radical (unpaired) electrons. The Morgan fingerprint density at radius 2 is 1.94 bits per heavy atom. The monoisotopic (exact) mass is 484 g/mol. The average Bonchev–Trinajstić information content (AvgIpc) is 3.21.